The first-order valence-electron chi connectivity index (χ1n) is 17.1. The number of hydrogen-bond acceptors (Lipinski definition) is 15. The molecule has 2 aliphatic heterocycles. The lowest BCUT2D eigenvalue weighted by atomic mass is 10.1. The van der Waals surface area contributed by atoms with Crippen LogP contribution in [-0.4, -0.2) is 86.8 Å². The topological polar surface area (TPSA) is 185 Å². The summed E-state index contributed by atoms with van der Waals surface area (Å²) in [5, 5.41) is 0. The van der Waals surface area contributed by atoms with Gasteiger partial charge in [0.1, 0.15) is 29.5 Å². The molecule has 0 radical (unpaired) electrons. The summed E-state index contributed by atoms with van der Waals surface area (Å²) in [6, 6.07) is 17.2. The van der Waals surface area contributed by atoms with Crippen molar-refractivity contribution in [3.63, 3.8) is 0 Å². The Kier molecular flexibility index (Phi) is 13.9. The molecular weight excluding hydrogens is 708 g/mol. The van der Waals surface area contributed by atoms with Gasteiger partial charge in [-0.05, 0) is 98.5 Å². The molecule has 2 unspecified atom stereocenters. The molecule has 2 saturated heterocycles. The zero-order valence-corrected chi connectivity index (χ0v) is 29.3. The second kappa shape index (κ2) is 19.1. The fourth-order valence-corrected chi connectivity index (χ4v) is 5.43. The fraction of sp³-hybridized carbons (Fsp3) is 0.333. The van der Waals surface area contributed by atoms with Crippen LogP contribution in [0.15, 0.2) is 85.5 Å². The molecule has 284 valence electrons. The van der Waals surface area contributed by atoms with Crippen LogP contribution in [0.4, 0.5) is 4.79 Å². The van der Waals surface area contributed by atoms with Gasteiger partial charge in [0.15, 0.2) is 12.2 Å². The summed E-state index contributed by atoms with van der Waals surface area (Å²) >= 11 is 0. The standard InChI is InChI=1S/C39H38O15/c1-3-33(41)46-20-6-4-5-7-21-47-39(45)53-30-18-12-26(13-19-30)37(43)51-28-14-8-25(9-15-28)36(42)52-29-16-10-27(11-17-29)38(44)54-32-23-49-34-31(50-24(2)40)22-48-35(32)34/h3,8-19,31-32,34-35H,1,4-7,20-23H2,2H3/t31-,32+,34?,35?/m1/s1. The number of benzene rings is 3. The molecule has 4 atom stereocenters. The largest absolute Gasteiger partial charge is 0.513 e. The van der Waals surface area contributed by atoms with Crippen LogP contribution < -0.4 is 14.2 Å². The molecule has 0 N–H and O–H groups in total. The smallest absolute Gasteiger partial charge is 0.463 e. The SMILES string of the molecule is C=CC(=O)OCCCCCCOC(=O)Oc1ccc(C(=O)Oc2ccc(C(=O)Oc3ccc(C(=O)O[C@H]4COC5C4OC[C@H]5OC(C)=O)cc3)cc2)cc1. The van der Waals surface area contributed by atoms with Gasteiger partial charge in [0.25, 0.3) is 0 Å². The van der Waals surface area contributed by atoms with Crippen molar-refractivity contribution in [3.8, 4) is 17.2 Å². The maximum atomic E-state index is 12.7. The summed E-state index contributed by atoms with van der Waals surface area (Å²) < 4.78 is 47.9. The number of hydrogen-bond donors (Lipinski definition) is 0. The molecule has 3 aromatic rings. The first kappa shape index (κ1) is 39.2. The van der Waals surface area contributed by atoms with Crippen molar-refractivity contribution in [2.24, 2.45) is 0 Å². The molecule has 0 spiro atoms. The predicted octanol–water partition coefficient (Wildman–Crippen LogP) is 5.18. The molecule has 15 nitrogen and oxygen atoms in total. The van der Waals surface area contributed by atoms with Crippen molar-refractivity contribution in [2.45, 2.75) is 57.0 Å². The van der Waals surface area contributed by atoms with Crippen molar-refractivity contribution >= 4 is 36.0 Å². The van der Waals surface area contributed by atoms with Gasteiger partial charge in [-0.15, -0.1) is 0 Å². The Balaban J connectivity index is 1.00. The maximum absolute atomic E-state index is 12.7. The normalized spacial score (nSPS) is 18.4. The van der Waals surface area contributed by atoms with Gasteiger partial charge >= 0.3 is 36.0 Å². The van der Waals surface area contributed by atoms with Crippen molar-refractivity contribution in [1.29, 1.82) is 0 Å². The Hall–Kier alpha value is -6.06. The number of esters is 5. The summed E-state index contributed by atoms with van der Waals surface area (Å²) in [5.74, 6) is -2.38. The number of carbonyl (C=O) groups excluding carboxylic acids is 6. The third-order valence-corrected chi connectivity index (χ3v) is 8.10. The van der Waals surface area contributed by atoms with Crippen molar-refractivity contribution in [2.75, 3.05) is 26.4 Å². The Morgan fingerprint density at radius 3 is 1.48 bits per heavy atom. The highest BCUT2D eigenvalue weighted by atomic mass is 16.7. The van der Waals surface area contributed by atoms with Crippen LogP contribution in [-0.2, 0) is 38.0 Å². The van der Waals surface area contributed by atoms with E-state index in [1.54, 1.807) is 0 Å². The van der Waals surface area contributed by atoms with E-state index in [1.165, 1.54) is 79.7 Å². The van der Waals surface area contributed by atoms with E-state index in [9.17, 15) is 28.8 Å². The lowest BCUT2D eigenvalue weighted by Gasteiger charge is -2.17. The van der Waals surface area contributed by atoms with Crippen molar-refractivity contribution in [3.05, 3.63) is 102 Å². The Labute approximate surface area is 309 Å². The second-order valence-electron chi connectivity index (χ2n) is 12.0. The van der Waals surface area contributed by atoms with Crippen LogP contribution >= 0.6 is 0 Å². The predicted molar refractivity (Wildman–Crippen MR) is 185 cm³/mol. The molecule has 0 amide bonds. The summed E-state index contributed by atoms with van der Waals surface area (Å²) in [4.78, 5) is 72.4. The van der Waals surface area contributed by atoms with Gasteiger partial charge in [-0.25, -0.2) is 24.0 Å². The molecule has 0 saturated carbocycles. The van der Waals surface area contributed by atoms with Crippen LogP contribution in [0.5, 0.6) is 17.2 Å². The molecule has 2 heterocycles. The number of carbonyl (C=O) groups is 6. The van der Waals surface area contributed by atoms with Gasteiger partial charge in [0.05, 0.1) is 43.1 Å². The quantitative estimate of drug-likeness (QED) is 0.0466. The van der Waals surface area contributed by atoms with Crippen LogP contribution in [0.2, 0.25) is 0 Å². The average molecular weight is 747 g/mol. The number of ether oxygens (including phenoxy) is 9. The molecule has 5 rings (SSSR count). The first-order chi connectivity index (χ1) is 26.1. The minimum atomic E-state index is -0.882. The van der Waals surface area contributed by atoms with E-state index in [0.717, 1.165) is 18.9 Å². The first-order valence-corrected chi connectivity index (χ1v) is 17.1. The third-order valence-electron chi connectivity index (χ3n) is 8.10. The van der Waals surface area contributed by atoms with E-state index in [4.69, 9.17) is 42.6 Å². The van der Waals surface area contributed by atoms with Gasteiger partial charge in [-0.1, -0.05) is 6.58 Å². The highest BCUT2D eigenvalue weighted by molar-refractivity contribution is 5.93. The Bertz CT molecular complexity index is 1800. The fourth-order valence-electron chi connectivity index (χ4n) is 5.43. The molecule has 0 bridgehead atoms. The van der Waals surface area contributed by atoms with Gasteiger partial charge in [-0.3, -0.25) is 4.79 Å². The number of unbranched alkanes of at least 4 members (excludes halogenated alkanes) is 3. The number of fused-ring (bicyclic) bond motifs is 1. The summed E-state index contributed by atoms with van der Waals surface area (Å²) in [6.45, 7) is 5.34. The minimum absolute atomic E-state index is 0.0959. The van der Waals surface area contributed by atoms with E-state index in [2.05, 4.69) is 6.58 Å². The minimum Gasteiger partial charge on any atom is -0.463 e. The van der Waals surface area contributed by atoms with Gasteiger partial charge in [-0.2, -0.15) is 0 Å². The molecular formula is C39H38O15. The highest BCUT2D eigenvalue weighted by Crippen LogP contribution is 2.31. The zero-order chi connectivity index (χ0) is 38.5. The number of rotatable bonds is 16. The van der Waals surface area contributed by atoms with E-state index < -0.39 is 60.4 Å². The molecule has 54 heavy (non-hydrogen) atoms. The van der Waals surface area contributed by atoms with Gasteiger partial charge in [0.2, 0.25) is 0 Å². The molecule has 3 aromatic carbocycles. The molecule has 0 aromatic heterocycles. The van der Waals surface area contributed by atoms with Crippen LogP contribution in [0.3, 0.4) is 0 Å². The molecule has 15 heteroatoms. The molecule has 2 aliphatic rings. The van der Waals surface area contributed by atoms with E-state index in [-0.39, 0.29) is 53.8 Å². The Morgan fingerprint density at radius 1 is 0.593 bits per heavy atom. The van der Waals surface area contributed by atoms with E-state index in [0.29, 0.717) is 19.4 Å². The second-order valence-corrected chi connectivity index (χ2v) is 12.0. The summed E-state index contributed by atoms with van der Waals surface area (Å²) in [6.07, 6.45) is 0.801. The van der Waals surface area contributed by atoms with Crippen LogP contribution in [0, 0.1) is 0 Å². The van der Waals surface area contributed by atoms with E-state index in [1.807, 2.05) is 0 Å². The maximum Gasteiger partial charge on any atom is 0.513 e. The Morgan fingerprint density at radius 2 is 1.02 bits per heavy atom. The van der Waals surface area contributed by atoms with E-state index >= 15 is 0 Å². The average Bonchev–Trinajstić information content (AvgIpc) is 3.75. The summed E-state index contributed by atoms with van der Waals surface area (Å²) in [5.41, 5.74) is 0.577. The van der Waals surface area contributed by atoms with Crippen LogP contribution in [0.25, 0.3) is 0 Å². The monoisotopic (exact) mass is 746 g/mol. The highest BCUT2D eigenvalue weighted by Gasteiger charge is 2.51. The van der Waals surface area contributed by atoms with Crippen LogP contribution in [0.1, 0.15) is 63.7 Å². The summed E-state index contributed by atoms with van der Waals surface area (Å²) in [7, 11) is 0. The van der Waals surface area contributed by atoms with Crippen molar-refractivity contribution in [1.82, 2.24) is 0 Å². The third kappa shape index (κ3) is 11.2. The van der Waals surface area contributed by atoms with Gasteiger partial charge < -0.3 is 42.6 Å². The van der Waals surface area contributed by atoms with Crippen molar-refractivity contribution < 1.29 is 71.4 Å². The lowest BCUT2D eigenvalue weighted by Crippen LogP contribution is -2.35. The van der Waals surface area contributed by atoms with Gasteiger partial charge in [0, 0.05) is 13.0 Å². The zero-order valence-electron chi connectivity index (χ0n) is 29.3. The molecule has 2 fully saturated rings. The molecule has 0 aliphatic carbocycles. The lowest BCUT2D eigenvalue weighted by molar-refractivity contribution is -0.151.